The van der Waals surface area contributed by atoms with Gasteiger partial charge in [0.25, 0.3) is 0 Å². The molecule has 0 fully saturated rings. The van der Waals surface area contributed by atoms with Crippen LogP contribution in [0.15, 0.2) is 23.1 Å². The smallest absolute Gasteiger partial charge is 0.238 e. The lowest BCUT2D eigenvalue weighted by atomic mass is 10.0. The number of primary sulfonamides is 1. The molecule has 0 bridgehead atoms. The van der Waals surface area contributed by atoms with Crippen molar-refractivity contribution in [2.45, 2.75) is 30.8 Å². The summed E-state index contributed by atoms with van der Waals surface area (Å²) in [6.07, 6.45) is 0.785. The van der Waals surface area contributed by atoms with Gasteiger partial charge in [-0.2, -0.15) is 0 Å². The van der Waals surface area contributed by atoms with Crippen molar-refractivity contribution in [3.8, 4) is 5.75 Å². The topological polar surface area (TPSA) is 69.4 Å². The molecule has 0 saturated heterocycles. The third-order valence-electron chi connectivity index (χ3n) is 2.37. The van der Waals surface area contributed by atoms with Gasteiger partial charge in [0.15, 0.2) is 0 Å². The van der Waals surface area contributed by atoms with Crippen LogP contribution in [0.2, 0.25) is 0 Å². The summed E-state index contributed by atoms with van der Waals surface area (Å²) in [5.41, 5.74) is 0.756. The molecule has 0 radical (unpaired) electrons. The number of nitrogens with two attached hydrogens (primary N) is 1. The molecule has 0 aliphatic carbocycles. The van der Waals surface area contributed by atoms with Crippen LogP contribution in [0, 0.1) is 0 Å². The lowest BCUT2D eigenvalue weighted by Crippen LogP contribution is -2.24. The van der Waals surface area contributed by atoms with E-state index in [0.717, 1.165) is 12.0 Å². The Morgan fingerprint density at radius 1 is 1.40 bits per heavy atom. The van der Waals surface area contributed by atoms with Crippen LogP contribution in [0.1, 0.15) is 19.4 Å². The lowest BCUT2D eigenvalue weighted by molar-refractivity contribution is 0.138. The first-order chi connectivity index (χ1) is 6.78. The van der Waals surface area contributed by atoms with Gasteiger partial charge in [-0.15, -0.1) is 0 Å². The first kappa shape index (κ1) is 10.4. The summed E-state index contributed by atoms with van der Waals surface area (Å²) in [6, 6.07) is 4.75. The van der Waals surface area contributed by atoms with Crippen molar-refractivity contribution in [1.82, 2.24) is 0 Å². The second kappa shape index (κ2) is 2.96. The van der Waals surface area contributed by atoms with Crippen molar-refractivity contribution in [2.75, 3.05) is 0 Å². The normalized spacial score (nSPS) is 18.3. The quantitative estimate of drug-likeness (QED) is 0.779. The summed E-state index contributed by atoms with van der Waals surface area (Å²) in [6.45, 7) is 3.92. The first-order valence-corrected chi connectivity index (χ1v) is 6.17. The lowest BCUT2D eigenvalue weighted by Gasteiger charge is -2.16. The van der Waals surface area contributed by atoms with E-state index in [2.05, 4.69) is 0 Å². The minimum atomic E-state index is -3.64. The van der Waals surface area contributed by atoms with Gasteiger partial charge in [-0.3, -0.25) is 0 Å². The Balaban J connectivity index is 2.48. The molecule has 2 N–H and O–H groups in total. The molecule has 0 atom stereocenters. The fourth-order valence-corrected chi connectivity index (χ4v) is 2.27. The van der Waals surface area contributed by atoms with Gasteiger partial charge in [0.2, 0.25) is 10.0 Å². The molecule has 0 aromatic heterocycles. The van der Waals surface area contributed by atoms with Gasteiger partial charge < -0.3 is 4.74 Å². The molecule has 4 nitrogen and oxygen atoms in total. The summed E-state index contributed by atoms with van der Waals surface area (Å²) in [4.78, 5) is 0.0963. The molecule has 5 heteroatoms. The van der Waals surface area contributed by atoms with Crippen molar-refractivity contribution in [3.63, 3.8) is 0 Å². The van der Waals surface area contributed by atoms with E-state index in [1.165, 1.54) is 12.1 Å². The zero-order valence-corrected chi connectivity index (χ0v) is 9.47. The predicted molar refractivity (Wildman–Crippen MR) is 56.2 cm³/mol. The van der Waals surface area contributed by atoms with Crippen molar-refractivity contribution in [3.05, 3.63) is 23.8 Å². The SMILES string of the molecule is CC1(C)Cc2ccc(S(N)(=O)=O)cc2O1. The molecule has 1 aliphatic rings. The van der Waals surface area contributed by atoms with E-state index in [1.54, 1.807) is 6.07 Å². The number of rotatable bonds is 1. The summed E-state index contributed by atoms with van der Waals surface area (Å²) in [5, 5.41) is 5.04. The molecule has 0 amide bonds. The highest BCUT2D eigenvalue weighted by Gasteiger charge is 2.30. The maximum Gasteiger partial charge on any atom is 0.238 e. The fourth-order valence-electron chi connectivity index (χ4n) is 1.75. The molecule has 1 heterocycles. The van der Waals surface area contributed by atoms with Crippen LogP contribution >= 0.6 is 0 Å². The summed E-state index contributed by atoms with van der Waals surface area (Å²) < 4.78 is 27.8. The highest BCUT2D eigenvalue weighted by atomic mass is 32.2. The van der Waals surface area contributed by atoms with E-state index in [9.17, 15) is 8.42 Å². The van der Waals surface area contributed by atoms with E-state index in [1.807, 2.05) is 13.8 Å². The monoisotopic (exact) mass is 227 g/mol. The molecule has 1 aromatic carbocycles. The molecule has 0 saturated carbocycles. The highest BCUT2D eigenvalue weighted by molar-refractivity contribution is 7.89. The molecule has 15 heavy (non-hydrogen) atoms. The Hall–Kier alpha value is -1.07. The molecule has 1 aliphatic heterocycles. The molecule has 0 spiro atoms. The van der Waals surface area contributed by atoms with Crippen LogP contribution in [-0.2, 0) is 16.4 Å². The van der Waals surface area contributed by atoms with Gasteiger partial charge in [-0.25, -0.2) is 13.6 Å². The third kappa shape index (κ3) is 1.98. The maximum atomic E-state index is 11.1. The van der Waals surface area contributed by atoms with Crippen LogP contribution in [0.5, 0.6) is 5.75 Å². The average Bonchev–Trinajstić information content (AvgIpc) is 2.34. The van der Waals surface area contributed by atoms with E-state index in [0.29, 0.717) is 5.75 Å². The van der Waals surface area contributed by atoms with E-state index < -0.39 is 10.0 Å². The fraction of sp³-hybridized carbons (Fsp3) is 0.400. The van der Waals surface area contributed by atoms with Gasteiger partial charge in [0.05, 0.1) is 4.90 Å². The van der Waals surface area contributed by atoms with Gasteiger partial charge in [-0.05, 0) is 25.5 Å². The Morgan fingerprint density at radius 2 is 2.07 bits per heavy atom. The van der Waals surface area contributed by atoms with Crippen molar-refractivity contribution >= 4 is 10.0 Å². The Bertz CT molecular complexity index is 505. The van der Waals surface area contributed by atoms with Crippen molar-refractivity contribution in [1.29, 1.82) is 0 Å². The number of fused-ring (bicyclic) bond motifs is 1. The first-order valence-electron chi connectivity index (χ1n) is 4.63. The van der Waals surface area contributed by atoms with Gasteiger partial charge in [-0.1, -0.05) is 6.07 Å². The zero-order chi connectivity index (χ0) is 11.3. The summed E-state index contributed by atoms with van der Waals surface area (Å²) in [5.74, 6) is 0.617. The minimum absolute atomic E-state index is 0.0963. The van der Waals surface area contributed by atoms with Gasteiger partial charge in [0, 0.05) is 12.5 Å². The maximum absolute atomic E-state index is 11.1. The third-order valence-corrected chi connectivity index (χ3v) is 3.28. The number of hydrogen-bond acceptors (Lipinski definition) is 3. The van der Waals surface area contributed by atoms with Crippen LogP contribution < -0.4 is 9.88 Å². The largest absolute Gasteiger partial charge is 0.487 e. The van der Waals surface area contributed by atoms with Crippen LogP contribution in [0.25, 0.3) is 0 Å². The molecule has 82 valence electrons. The van der Waals surface area contributed by atoms with E-state index in [-0.39, 0.29) is 10.5 Å². The molecular formula is C10H13NO3S. The zero-order valence-electron chi connectivity index (χ0n) is 8.65. The average molecular weight is 227 g/mol. The van der Waals surface area contributed by atoms with Crippen molar-refractivity contribution in [2.24, 2.45) is 5.14 Å². The van der Waals surface area contributed by atoms with Crippen LogP contribution in [0.4, 0.5) is 0 Å². The Kier molecular flexibility index (Phi) is 2.06. The summed E-state index contributed by atoms with van der Waals surface area (Å²) >= 11 is 0. The molecule has 2 rings (SSSR count). The molecule has 1 aromatic rings. The van der Waals surface area contributed by atoms with Crippen LogP contribution in [0.3, 0.4) is 0 Å². The Morgan fingerprint density at radius 3 is 2.67 bits per heavy atom. The molecular weight excluding hydrogens is 214 g/mol. The number of sulfonamides is 1. The highest BCUT2D eigenvalue weighted by Crippen LogP contribution is 2.35. The van der Waals surface area contributed by atoms with Gasteiger partial charge >= 0.3 is 0 Å². The standard InChI is InChI=1S/C10H13NO3S/c1-10(2)6-7-3-4-8(15(11,12)13)5-9(7)14-10/h3-5H,6H2,1-2H3,(H2,11,12,13). The minimum Gasteiger partial charge on any atom is -0.487 e. The number of hydrogen-bond donors (Lipinski definition) is 1. The molecule has 0 unspecified atom stereocenters. The van der Waals surface area contributed by atoms with Gasteiger partial charge in [0.1, 0.15) is 11.4 Å². The summed E-state index contributed by atoms with van der Waals surface area (Å²) in [7, 11) is -3.64. The van der Waals surface area contributed by atoms with Crippen molar-refractivity contribution < 1.29 is 13.2 Å². The second-order valence-electron chi connectivity index (χ2n) is 4.35. The van der Waals surface area contributed by atoms with Crippen LogP contribution in [-0.4, -0.2) is 14.0 Å². The number of ether oxygens (including phenoxy) is 1. The number of benzene rings is 1. The predicted octanol–water partition coefficient (Wildman–Crippen LogP) is 1.05. The van der Waals surface area contributed by atoms with E-state index in [4.69, 9.17) is 9.88 Å². The second-order valence-corrected chi connectivity index (χ2v) is 5.91. The Labute approximate surface area is 89.1 Å². The van der Waals surface area contributed by atoms with E-state index >= 15 is 0 Å².